The topological polar surface area (TPSA) is 45.8 Å². The van der Waals surface area contributed by atoms with Gasteiger partial charge in [-0.05, 0) is 59.5 Å². The summed E-state index contributed by atoms with van der Waals surface area (Å²) in [7, 11) is 4.16. The highest BCUT2D eigenvalue weighted by atomic mass is 16.2. The van der Waals surface area contributed by atoms with E-state index in [1.54, 1.807) is 0 Å². The first-order chi connectivity index (χ1) is 13.4. The van der Waals surface area contributed by atoms with Crippen LogP contribution in [0.4, 0.5) is 0 Å². The quantitative estimate of drug-likeness (QED) is 0.697. The number of carbonyl (C=O) groups is 1. The van der Waals surface area contributed by atoms with E-state index >= 15 is 0 Å². The number of fused-ring (bicyclic) bond motifs is 1. The smallest absolute Gasteiger partial charge is 0.256 e. The predicted molar refractivity (Wildman–Crippen MR) is 112 cm³/mol. The molecule has 0 aliphatic carbocycles. The van der Waals surface area contributed by atoms with Crippen molar-refractivity contribution in [3.63, 3.8) is 0 Å². The lowest BCUT2D eigenvalue weighted by atomic mass is 10.2. The maximum atomic E-state index is 13.3. The number of likely N-dealkylation sites (N-methyl/N-ethyl adjacent to an activating group) is 1. The molecule has 0 bridgehead atoms. The molecule has 3 aromatic heterocycles. The molecule has 1 aliphatic heterocycles. The Hall–Kier alpha value is -2.60. The molecule has 6 heteroatoms. The molecule has 148 valence electrons. The lowest BCUT2D eigenvalue weighted by Crippen LogP contribution is -2.34. The highest BCUT2D eigenvalue weighted by molar-refractivity contribution is 6.03. The van der Waals surface area contributed by atoms with Crippen molar-refractivity contribution in [1.29, 1.82) is 0 Å². The summed E-state index contributed by atoms with van der Waals surface area (Å²) in [5, 5.41) is 0. The zero-order valence-electron chi connectivity index (χ0n) is 17.4. The van der Waals surface area contributed by atoms with Crippen molar-refractivity contribution in [3.05, 3.63) is 48.0 Å². The van der Waals surface area contributed by atoms with Gasteiger partial charge in [0.1, 0.15) is 11.5 Å². The second kappa shape index (κ2) is 7.09. The number of amides is 1. The third-order valence-electron chi connectivity index (χ3n) is 5.82. The Morgan fingerprint density at radius 1 is 1.29 bits per heavy atom. The Balaban J connectivity index is 1.75. The lowest BCUT2D eigenvalue weighted by Gasteiger charge is -2.20. The molecular weight excluding hydrogens is 350 g/mol. The van der Waals surface area contributed by atoms with Crippen molar-refractivity contribution >= 4 is 11.4 Å². The standard InChI is InChI=1S/C22H29N5O/c1-15(2)27-14-19(23-16(27)3)21-12-18(20-8-6-7-10-26(20)21)22(28)25-11-9-17(13-25)24(4)5/h6-8,10,12,14-15,17H,9,11,13H2,1-5H3/t17-/m1/s1. The Labute approximate surface area is 166 Å². The first kappa shape index (κ1) is 18.7. The fourth-order valence-electron chi connectivity index (χ4n) is 4.17. The van der Waals surface area contributed by atoms with Crippen molar-refractivity contribution in [2.75, 3.05) is 27.2 Å². The summed E-state index contributed by atoms with van der Waals surface area (Å²) in [5.74, 6) is 1.09. The molecule has 28 heavy (non-hydrogen) atoms. The molecule has 4 rings (SSSR count). The number of aromatic nitrogens is 3. The first-order valence-electron chi connectivity index (χ1n) is 9.98. The molecule has 0 radical (unpaired) electrons. The van der Waals surface area contributed by atoms with Crippen LogP contribution in [-0.2, 0) is 0 Å². The van der Waals surface area contributed by atoms with Gasteiger partial charge in [0.15, 0.2) is 0 Å². The second-order valence-corrected chi connectivity index (χ2v) is 8.23. The minimum Gasteiger partial charge on any atom is -0.337 e. The van der Waals surface area contributed by atoms with Gasteiger partial charge in [-0.25, -0.2) is 4.98 Å². The molecule has 6 nitrogen and oxygen atoms in total. The third-order valence-corrected chi connectivity index (χ3v) is 5.82. The van der Waals surface area contributed by atoms with Crippen LogP contribution in [0.25, 0.3) is 16.9 Å². The second-order valence-electron chi connectivity index (χ2n) is 8.23. The molecule has 4 heterocycles. The van der Waals surface area contributed by atoms with Gasteiger partial charge in [0.2, 0.25) is 0 Å². The number of aryl methyl sites for hydroxylation is 1. The number of nitrogens with zero attached hydrogens (tertiary/aromatic N) is 5. The molecule has 1 fully saturated rings. The van der Waals surface area contributed by atoms with E-state index < -0.39 is 0 Å². The third kappa shape index (κ3) is 3.11. The Morgan fingerprint density at radius 3 is 2.71 bits per heavy atom. The molecule has 0 unspecified atom stereocenters. The number of likely N-dealkylation sites (tertiary alicyclic amines) is 1. The normalized spacial score (nSPS) is 17.4. The van der Waals surface area contributed by atoms with Gasteiger partial charge in [-0.15, -0.1) is 0 Å². The van der Waals surface area contributed by atoms with Gasteiger partial charge in [-0.1, -0.05) is 6.07 Å². The van der Waals surface area contributed by atoms with Gasteiger partial charge in [0, 0.05) is 37.6 Å². The molecular formula is C22H29N5O. The average molecular weight is 380 g/mol. The van der Waals surface area contributed by atoms with Gasteiger partial charge >= 0.3 is 0 Å². The van der Waals surface area contributed by atoms with Crippen molar-refractivity contribution < 1.29 is 4.79 Å². The highest BCUT2D eigenvalue weighted by Crippen LogP contribution is 2.28. The molecule has 0 aromatic carbocycles. The van der Waals surface area contributed by atoms with Crippen LogP contribution in [0.15, 0.2) is 36.7 Å². The number of rotatable bonds is 4. The van der Waals surface area contributed by atoms with E-state index in [2.05, 4.69) is 48.0 Å². The van der Waals surface area contributed by atoms with Crippen molar-refractivity contribution in [3.8, 4) is 11.4 Å². The number of hydrogen-bond acceptors (Lipinski definition) is 3. The van der Waals surface area contributed by atoms with E-state index in [4.69, 9.17) is 4.98 Å². The van der Waals surface area contributed by atoms with E-state index in [0.29, 0.717) is 12.1 Å². The zero-order chi connectivity index (χ0) is 20.0. The maximum absolute atomic E-state index is 13.3. The summed E-state index contributed by atoms with van der Waals surface area (Å²) in [5.41, 5.74) is 3.56. The summed E-state index contributed by atoms with van der Waals surface area (Å²) in [6.45, 7) is 7.92. The summed E-state index contributed by atoms with van der Waals surface area (Å²) >= 11 is 0. The van der Waals surface area contributed by atoms with E-state index in [9.17, 15) is 4.79 Å². The molecule has 0 saturated carbocycles. The van der Waals surface area contributed by atoms with Gasteiger partial charge in [0.25, 0.3) is 5.91 Å². The fourth-order valence-corrected chi connectivity index (χ4v) is 4.17. The van der Waals surface area contributed by atoms with Crippen LogP contribution < -0.4 is 0 Å². The Morgan fingerprint density at radius 2 is 2.07 bits per heavy atom. The van der Waals surface area contributed by atoms with Gasteiger partial charge < -0.3 is 18.8 Å². The molecule has 1 atom stereocenters. The van der Waals surface area contributed by atoms with Gasteiger partial charge in [-0.2, -0.15) is 0 Å². The van der Waals surface area contributed by atoms with E-state index in [1.807, 2.05) is 42.3 Å². The summed E-state index contributed by atoms with van der Waals surface area (Å²) < 4.78 is 4.25. The van der Waals surface area contributed by atoms with E-state index in [-0.39, 0.29) is 5.91 Å². The summed E-state index contributed by atoms with van der Waals surface area (Å²) in [6, 6.07) is 8.79. The fraction of sp³-hybridized carbons (Fsp3) is 0.455. The largest absolute Gasteiger partial charge is 0.337 e. The first-order valence-corrected chi connectivity index (χ1v) is 9.98. The molecule has 0 N–H and O–H groups in total. The van der Waals surface area contributed by atoms with Crippen LogP contribution in [0.1, 0.15) is 42.5 Å². The monoisotopic (exact) mass is 379 g/mol. The number of carbonyl (C=O) groups excluding carboxylic acids is 1. The van der Waals surface area contributed by atoms with Gasteiger partial charge in [0.05, 0.1) is 16.8 Å². The van der Waals surface area contributed by atoms with Gasteiger partial charge in [-0.3, -0.25) is 4.79 Å². The van der Waals surface area contributed by atoms with Crippen LogP contribution in [0.5, 0.6) is 0 Å². The maximum Gasteiger partial charge on any atom is 0.256 e. The van der Waals surface area contributed by atoms with Crippen LogP contribution in [0, 0.1) is 6.92 Å². The van der Waals surface area contributed by atoms with E-state index in [0.717, 1.165) is 47.8 Å². The summed E-state index contributed by atoms with van der Waals surface area (Å²) in [6.07, 6.45) is 5.12. The Bertz CT molecular complexity index is 1010. The number of imidazole rings is 1. The Kier molecular flexibility index (Phi) is 4.75. The lowest BCUT2D eigenvalue weighted by molar-refractivity contribution is 0.0785. The molecule has 0 spiro atoms. The van der Waals surface area contributed by atoms with Crippen molar-refractivity contribution in [1.82, 2.24) is 23.8 Å². The molecule has 1 amide bonds. The van der Waals surface area contributed by atoms with Crippen LogP contribution in [0.2, 0.25) is 0 Å². The summed E-state index contributed by atoms with van der Waals surface area (Å²) in [4.78, 5) is 22.3. The number of pyridine rings is 1. The average Bonchev–Trinajstić information content (AvgIpc) is 3.37. The number of hydrogen-bond donors (Lipinski definition) is 0. The predicted octanol–water partition coefficient (Wildman–Crippen LogP) is 3.47. The van der Waals surface area contributed by atoms with Crippen molar-refractivity contribution in [2.24, 2.45) is 0 Å². The minimum absolute atomic E-state index is 0.110. The van der Waals surface area contributed by atoms with Crippen LogP contribution in [0.3, 0.4) is 0 Å². The SMILES string of the molecule is Cc1nc(-c2cc(C(=O)N3CC[C@@H](N(C)C)C3)c3ccccn23)cn1C(C)C. The van der Waals surface area contributed by atoms with Crippen molar-refractivity contribution in [2.45, 2.75) is 39.3 Å². The highest BCUT2D eigenvalue weighted by Gasteiger charge is 2.30. The zero-order valence-corrected chi connectivity index (χ0v) is 17.4. The minimum atomic E-state index is 0.110. The van der Waals surface area contributed by atoms with Crippen LogP contribution >= 0.6 is 0 Å². The van der Waals surface area contributed by atoms with E-state index in [1.165, 1.54) is 0 Å². The van der Waals surface area contributed by atoms with Crippen LogP contribution in [-0.4, -0.2) is 62.9 Å². The molecule has 1 aliphatic rings. The molecule has 1 saturated heterocycles. The molecule has 3 aromatic rings.